The summed E-state index contributed by atoms with van der Waals surface area (Å²) in [5, 5.41) is 5.75. The number of rotatable bonds is 6. The third kappa shape index (κ3) is 5.82. The van der Waals surface area contributed by atoms with Crippen LogP contribution in [0, 0.1) is 13.8 Å². The van der Waals surface area contributed by atoms with Crippen LogP contribution in [-0.4, -0.2) is 55.9 Å². The molecule has 1 heterocycles. The number of urea groups is 1. The Labute approximate surface area is 155 Å². The number of nitrogens with zero attached hydrogens (tertiary/aromatic N) is 1. The molecule has 7 nitrogen and oxygen atoms in total. The van der Waals surface area contributed by atoms with E-state index in [-0.39, 0.29) is 18.2 Å². The summed E-state index contributed by atoms with van der Waals surface area (Å²) in [5.74, 6) is 0.846. The van der Waals surface area contributed by atoms with Gasteiger partial charge in [-0.2, -0.15) is 0 Å². The zero-order valence-corrected chi connectivity index (χ0v) is 15.8. The minimum Gasteiger partial charge on any atom is -0.491 e. The first-order valence-electron chi connectivity index (χ1n) is 9.16. The predicted octanol–water partition coefficient (Wildman–Crippen LogP) is 2.60. The molecule has 1 saturated heterocycles. The Morgan fingerprint density at radius 3 is 2.65 bits per heavy atom. The molecule has 0 radical (unpaired) electrons. The molecule has 1 aromatic rings. The fourth-order valence-corrected chi connectivity index (χ4v) is 2.86. The number of carbonyl (C=O) groups excluding carboxylic acids is 2. The molecule has 1 aliphatic heterocycles. The van der Waals surface area contributed by atoms with Gasteiger partial charge >= 0.3 is 12.1 Å². The molecule has 0 atom stereocenters. The van der Waals surface area contributed by atoms with E-state index in [0.717, 1.165) is 24.2 Å². The highest BCUT2D eigenvalue weighted by Gasteiger charge is 2.24. The van der Waals surface area contributed by atoms with Crippen molar-refractivity contribution >= 4 is 12.1 Å². The van der Waals surface area contributed by atoms with Crippen LogP contribution in [0.1, 0.15) is 30.9 Å². The second kappa shape index (κ2) is 9.89. The molecule has 1 fully saturated rings. The number of carbonyl (C=O) groups is 2. The molecule has 3 amide bonds. The van der Waals surface area contributed by atoms with Crippen molar-refractivity contribution in [2.75, 3.05) is 32.8 Å². The van der Waals surface area contributed by atoms with Gasteiger partial charge in [0.15, 0.2) is 0 Å². The fraction of sp³-hybridized carbons (Fsp3) is 0.579. The Morgan fingerprint density at radius 1 is 1.23 bits per heavy atom. The number of hydrogen-bond acceptors (Lipinski definition) is 4. The van der Waals surface area contributed by atoms with Gasteiger partial charge in [0.25, 0.3) is 0 Å². The van der Waals surface area contributed by atoms with E-state index in [9.17, 15) is 9.59 Å². The number of hydrogen-bond donors (Lipinski definition) is 2. The summed E-state index contributed by atoms with van der Waals surface area (Å²) in [4.78, 5) is 25.3. The SMILES string of the molecule is CCOC(=O)N1CCC(NC(=O)NCCOc2cccc(C)c2C)CC1. The number of likely N-dealkylation sites (tertiary alicyclic amines) is 1. The summed E-state index contributed by atoms with van der Waals surface area (Å²) in [6, 6.07) is 5.80. The molecule has 1 aliphatic rings. The minimum absolute atomic E-state index is 0.0700. The average Bonchev–Trinajstić information content (AvgIpc) is 2.63. The number of ether oxygens (including phenoxy) is 2. The number of nitrogens with one attached hydrogen (secondary N) is 2. The molecule has 0 aliphatic carbocycles. The maximum absolute atomic E-state index is 12.0. The van der Waals surface area contributed by atoms with Crippen LogP contribution in [0.3, 0.4) is 0 Å². The van der Waals surface area contributed by atoms with E-state index < -0.39 is 0 Å². The topological polar surface area (TPSA) is 79.9 Å². The van der Waals surface area contributed by atoms with Crippen LogP contribution in [0.4, 0.5) is 9.59 Å². The molecule has 0 bridgehead atoms. The molecule has 0 spiro atoms. The lowest BCUT2D eigenvalue weighted by Gasteiger charge is -2.31. The molecule has 0 aromatic heterocycles. The van der Waals surface area contributed by atoms with Crippen molar-refractivity contribution in [3.8, 4) is 5.75 Å². The molecule has 0 unspecified atom stereocenters. The van der Waals surface area contributed by atoms with E-state index in [1.807, 2.05) is 32.0 Å². The van der Waals surface area contributed by atoms with Gasteiger partial charge in [-0.3, -0.25) is 0 Å². The largest absolute Gasteiger partial charge is 0.491 e. The second-order valence-electron chi connectivity index (χ2n) is 6.41. The summed E-state index contributed by atoms with van der Waals surface area (Å²) in [6.07, 6.45) is 1.18. The third-order valence-corrected chi connectivity index (χ3v) is 4.56. The van der Waals surface area contributed by atoms with Crippen molar-refractivity contribution in [3.63, 3.8) is 0 Å². The summed E-state index contributed by atoms with van der Waals surface area (Å²) < 4.78 is 10.7. The monoisotopic (exact) mass is 363 g/mol. The highest BCUT2D eigenvalue weighted by molar-refractivity contribution is 5.74. The Kier molecular flexibility index (Phi) is 7.56. The number of piperidine rings is 1. The van der Waals surface area contributed by atoms with Crippen LogP contribution in [0.2, 0.25) is 0 Å². The van der Waals surface area contributed by atoms with E-state index in [1.165, 1.54) is 5.56 Å². The highest BCUT2D eigenvalue weighted by Crippen LogP contribution is 2.20. The Morgan fingerprint density at radius 2 is 1.96 bits per heavy atom. The minimum atomic E-state index is -0.279. The van der Waals surface area contributed by atoms with Gasteiger partial charge in [-0.15, -0.1) is 0 Å². The molecule has 0 saturated carbocycles. The maximum atomic E-state index is 12.0. The van der Waals surface area contributed by atoms with E-state index in [2.05, 4.69) is 10.6 Å². The molecule has 2 rings (SSSR count). The third-order valence-electron chi connectivity index (χ3n) is 4.56. The quantitative estimate of drug-likeness (QED) is 0.762. The van der Waals surface area contributed by atoms with Crippen LogP contribution >= 0.6 is 0 Å². The molecule has 26 heavy (non-hydrogen) atoms. The van der Waals surface area contributed by atoms with Crippen molar-refractivity contribution in [3.05, 3.63) is 29.3 Å². The van der Waals surface area contributed by atoms with Crippen molar-refractivity contribution < 1.29 is 19.1 Å². The smallest absolute Gasteiger partial charge is 0.409 e. The van der Waals surface area contributed by atoms with E-state index in [4.69, 9.17) is 9.47 Å². The molecular weight excluding hydrogens is 334 g/mol. The lowest BCUT2D eigenvalue weighted by molar-refractivity contribution is 0.0957. The van der Waals surface area contributed by atoms with E-state index >= 15 is 0 Å². The van der Waals surface area contributed by atoms with Gasteiger partial charge in [0, 0.05) is 19.1 Å². The van der Waals surface area contributed by atoms with Crippen molar-refractivity contribution in [1.29, 1.82) is 0 Å². The number of aryl methyl sites for hydroxylation is 1. The zero-order valence-electron chi connectivity index (χ0n) is 15.8. The Balaban J connectivity index is 1.62. The Hall–Kier alpha value is -2.44. The standard InChI is InChI=1S/C19H29N3O4/c1-4-25-19(24)22-11-8-16(9-12-22)21-18(23)20-10-13-26-17-7-5-6-14(2)15(17)3/h5-7,16H,4,8-13H2,1-3H3,(H2,20,21,23). The first kappa shape index (κ1) is 19.9. The first-order valence-corrected chi connectivity index (χ1v) is 9.16. The second-order valence-corrected chi connectivity index (χ2v) is 6.41. The highest BCUT2D eigenvalue weighted by atomic mass is 16.6. The van der Waals surface area contributed by atoms with Crippen molar-refractivity contribution in [1.82, 2.24) is 15.5 Å². The van der Waals surface area contributed by atoms with Gasteiger partial charge in [-0.1, -0.05) is 12.1 Å². The van der Waals surface area contributed by atoms with E-state index in [0.29, 0.717) is 32.8 Å². The maximum Gasteiger partial charge on any atom is 0.409 e. The summed E-state index contributed by atoms with van der Waals surface area (Å²) in [6.45, 7) is 8.28. The van der Waals surface area contributed by atoms with Crippen LogP contribution in [-0.2, 0) is 4.74 Å². The van der Waals surface area contributed by atoms with Crippen molar-refractivity contribution in [2.24, 2.45) is 0 Å². The average molecular weight is 363 g/mol. The molecule has 1 aromatic carbocycles. The zero-order chi connectivity index (χ0) is 18.9. The van der Waals surface area contributed by atoms with Crippen LogP contribution in [0.5, 0.6) is 5.75 Å². The molecular formula is C19H29N3O4. The van der Waals surface area contributed by atoms with Gasteiger partial charge in [-0.25, -0.2) is 9.59 Å². The summed E-state index contributed by atoms with van der Waals surface area (Å²) in [7, 11) is 0. The van der Waals surface area contributed by atoms with Gasteiger partial charge < -0.3 is 25.0 Å². The number of amides is 3. The first-order chi connectivity index (χ1) is 12.5. The van der Waals surface area contributed by atoms with Gasteiger partial charge in [0.2, 0.25) is 0 Å². The van der Waals surface area contributed by atoms with Gasteiger partial charge in [-0.05, 0) is 50.8 Å². The lowest BCUT2D eigenvalue weighted by atomic mass is 10.1. The van der Waals surface area contributed by atoms with Crippen molar-refractivity contribution in [2.45, 2.75) is 39.7 Å². The predicted molar refractivity (Wildman–Crippen MR) is 99.6 cm³/mol. The molecule has 7 heteroatoms. The van der Waals surface area contributed by atoms with Crippen LogP contribution < -0.4 is 15.4 Å². The van der Waals surface area contributed by atoms with Crippen LogP contribution in [0.15, 0.2) is 18.2 Å². The number of benzene rings is 1. The molecule has 2 N–H and O–H groups in total. The van der Waals surface area contributed by atoms with Gasteiger partial charge in [0.1, 0.15) is 12.4 Å². The normalized spacial score (nSPS) is 14.7. The van der Waals surface area contributed by atoms with E-state index in [1.54, 1.807) is 11.8 Å². The lowest BCUT2D eigenvalue weighted by Crippen LogP contribution is -2.49. The van der Waals surface area contributed by atoms with Crippen LogP contribution in [0.25, 0.3) is 0 Å². The summed E-state index contributed by atoms with van der Waals surface area (Å²) in [5.41, 5.74) is 2.30. The molecule has 144 valence electrons. The Bertz CT molecular complexity index is 613. The van der Waals surface area contributed by atoms with Gasteiger partial charge in [0.05, 0.1) is 13.2 Å². The summed E-state index contributed by atoms with van der Waals surface area (Å²) >= 11 is 0. The fourth-order valence-electron chi connectivity index (χ4n) is 2.86.